The normalized spacial score (nSPS) is 21.7. The van der Waals surface area contributed by atoms with E-state index in [1.807, 2.05) is 0 Å². The van der Waals surface area contributed by atoms with E-state index in [-0.39, 0.29) is 6.54 Å². The van der Waals surface area contributed by atoms with Gasteiger partial charge in [-0.1, -0.05) is 0 Å². The van der Waals surface area contributed by atoms with Crippen molar-refractivity contribution in [1.29, 1.82) is 0 Å². The molecule has 7 nitrogen and oxygen atoms in total. The zero-order chi connectivity index (χ0) is 14.7. The molecular formula is C13H23N5O2S. The van der Waals surface area contributed by atoms with Crippen LogP contribution in [0.2, 0.25) is 0 Å². The predicted octanol–water partition coefficient (Wildman–Crippen LogP) is 0.208. The van der Waals surface area contributed by atoms with E-state index in [4.69, 9.17) is 0 Å². The van der Waals surface area contributed by atoms with Gasteiger partial charge in [-0.2, -0.15) is 17.4 Å². The number of nitrogens with one attached hydrogen (secondary N) is 3. The molecule has 0 atom stereocenters. The molecule has 1 aromatic heterocycles. The Hall–Kier alpha value is -0.960. The molecule has 2 fully saturated rings. The summed E-state index contributed by atoms with van der Waals surface area (Å²) in [5.74, 6) is 1.23. The summed E-state index contributed by atoms with van der Waals surface area (Å²) in [4.78, 5) is 6.90. The van der Waals surface area contributed by atoms with Gasteiger partial charge in [0.2, 0.25) is 0 Å². The second-order valence-corrected chi connectivity index (χ2v) is 7.64. The van der Waals surface area contributed by atoms with Gasteiger partial charge in [-0.25, -0.2) is 4.98 Å². The topological polar surface area (TPSA) is 90.1 Å². The Labute approximate surface area is 125 Å². The van der Waals surface area contributed by atoms with E-state index in [1.165, 1.54) is 12.8 Å². The van der Waals surface area contributed by atoms with Crippen LogP contribution in [-0.2, 0) is 16.8 Å². The van der Waals surface area contributed by atoms with Crippen molar-refractivity contribution in [2.45, 2.75) is 38.3 Å². The van der Waals surface area contributed by atoms with Crippen molar-refractivity contribution >= 4 is 10.2 Å². The molecule has 0 bridgehead atoms. The summed E-state index contributed by atoms with van der Waals surface area (Å²) in [6, 6.07) is 0.724. The largest absolute Gasteiger partial charge is 0.347 e. The number of rotatable bonds is 7. The lowest BCUT2D eigenvalue weighted by molar-refractivity contribution is 0.264. The van der Waals surface area contributed by atoms with E-state index in [0.717, 1.165) is 25.4 Å². The van der Waals surface area contributed by atoms with E-state index in [9.17, 15) is 8.42 Å². The van der Waals surface area contributed by atoms with Gasteiger partial charge in [0.05, 0.1) is 6.54 Å². The van der Waals surface area contributed by atoms with Gasteiger partial charge in [-0.05, 0) is 38.1 Å². The fraction of sp³-hybridized carbons (Fsp3) is 0.769. The summed E-state index contributed by atoms with van der Waals surface area (Å²) in [6.45, 7) is 2.44. The van der Waals surface area contributed by atoms with Crippen LogP contribution in [0.15, 0.2) is 12.4 Å². The molecule has 8 heteroatoms. The highest BCUT2D eigenvalue weighted by Crippen LogP contribution is 2.22. The molecule has 1 aliphatic heterocycles. The average molecular weight is 313 g/mol. The molecule has 21 heavy (non-hydrogen) atoms. The molecule has 118 valence electrons. The van der Waals surface area contributed by atoms with Crippen molar-refractivity contribution < 1.29 is 8.42 Å². The molecule has 0 aromatic carbocycles. The van der Waals surface area contributed by atoms with Crippen LogP contribution in [0.3, 0.4) is 0 Å². The molecule has 3 N–H and O–H groups in total. The number of aromatic amines is 1. The van der Waals surface area contributed by atoms with E-state index in [0.29, 0.717) is 24.8 Å². The molecule has 2 aliphatic rings. The van der Waals surface area contributed by atoms with Crippen molar-refractivity contribution in [2.75, 3.05) is 19.6 Å². The fourth-order valence-electron chi connectivity index (χ4n) is 2.62. The Kier molecular flexibility index (Phi) is 4.58. The molecule has 0 unspecified atom stereocenters. The summed E-state index contributed by atoms with van der Waals surface area (Å²) in [5, 5.41) is 3.53. The third-order valence-electron chi connectivity index (χ3n) is 4.16. The highest BCUT2D eigenvalue weighted by molar-refractivity contribution is 7.87. The van der Waals surface area contributed by atoms with Crippen molar-refractivity contribution in [3.8, 4) is 0 Å². The Morgan fingerprint density at radius 2 is 2.05 bits per heavy atom. The first kappa shape index (κ1) is 15.0. The second kappa shape index (κ2) is 6.43. The number of aromatic nitrogens is 2. The third kappa shape index (κ3) is 4.26. The van der Waals surface area contributed by atoms with Crippen LogP contribution in [0.25, 0.3) is 0 Å². The quantitative estimate of drug-likeness (QED) is 0.671. The molecule has 3 rings (SSSR count). The Bertz CT molecular complexity index is 533. The van der Waals surface area contributed by atoms with Crippen LogP contribution in [0.5, 0.6) is 0 Å². The Balaban J connectivity index is 1.43. The number of hydrogen-bond acceptors (Lipinski definition) is 4. The van der Waals surface area contributed by atoms with Gasteiger partial charge in [0.25, 0.3) is 10.2 Å². The highest BCUT2D eigenvalue weighted by Gasteiger charge is 2.29. The smallest absolute Gasteiger partial charge is 0.279 e. The second-order valence-electron chi connectivity index (χ2n) is 5.89. The van der Waals surface area contributed by atoms with Gasteiger partial charge in [-0.3, -0.25) is 0 Å². The van der Waals surface area contributed by atoms with Crippen LogP contribution in [0.4, 0.5) is 0 Å². The van der Waals surface area contributed by atoms with E-state index >= 15 is 0 Å². The SMILES string of the molecule is O=S(=O)(NCc1ncc[nH]1)N1CCC(CNC2CC2)CC1. The highest BCUT2D eigenvalue weighted by atomic mass is 32.2. The van der Waals surface area contributed by atoms with Crippen LogP contribution < -0.4 is 10.0 Å². The summed E-state index contributed by atoms with van der Waals surface area (Å²) >= 11 is 0. The minimum atomic E-state index is -3.40. The molecule has 1 aromatic rings. The van der Waals surface area contributed by atoms with Gasteiger partial charge < -0.3 is 10.3 Å². The maximum Gasteiger partial charge on any atom is 0.279 e. The van der Waals surface area contributed by atoms with Crippen LogP contribution in [0.1, 0.15) is 31.5 Å². The molecule has 1 saturated heterocycles. The lowest BCUT2D eigenvalue weighted by Crippen LogP contribution is -2.46. The zero-order valence-corrected chi connectivity index (χ0v) is 12.9. The monoisotopic (exact) mass is 313 g/mol. The van der Waals surface area contributed by atoms with Crippen molar-refractivity contribution in [3.05, 3.63) is 18.2 Å². The third-order valence-corrected chi connectivity index (χ3v) is 5.72. The van der Waals surface area contributed by atoms with Crippen LogP contribution >= 0.6 is 0 Å². The Morgan fingerprint density at radius 1 is 1.29 bits per heavy atom. The fourth-order valence-corrected chi connectivity index (χ4v) is 3.81. The molecule has 2 heterocycles. The lowest BCUT2D eigenvalue weighted by atomic mass is 9.98. The zero-order valence-electron chi connectivity index (χ0n) is 12.1. The van der Waals surface area contributed by atoms with Crippen LogP contribution in [0, 0.1) is 5.92 Å². The number of imidazole rings is 1. The Morgan fingerprint density at radius 3 is 2.67 bits per heavy atom. The van der Waals surface area contributed by atoms with E-state index in [2.05, 4.69) is 20.0 Å². The maximum absolute atomic E-state index is 12.2. The predicted molar refractivity (Wildman–Crippen MR) is 79.7 cm³/mol. The molecule has 0 radical (unpaired) electrons. The number of nitrogens with zero attached hydrogens (tertiary/aromatic N) is 2. The van der Waals surface area contributed by atoms with Crippen molar-refractivity contribution in [2.24, 2.45) is 5.92 Å². The first-order chi connectivity index (χ1) is 10.1. The first-order valence-electron chi connectivity index (χ1n) is 7.60. The molecule has 1 saturated carbocycles. The molecule has 0 spiro atoms. The molecular weight excluding hydrogens is 290 g/mol. The summed E-state index contributed by atoms with van der Waals surface area (Å²) in [5.41, 5.74) is 0. The van der Waals surface area contributed by atoms with Gasteiger partial charge in [0.1, 0.15) is 5.82 Å². The van der Waals surface area contributed by atoms with Crippen molar-refractivity contribution in [1.82, 2.24) is 24.3 Å². The maximum atomic E-state index is 12.2. The van der Waals surface area contributed by atoms with E-state index in [1.54, 1.807) is 16.7 Å². The molecule has 0 amide bonds. The lowest BCUT2D eigenvalue weighted by Gasteiger charge is -2.31. The summed E-state index contributed by atoms with van der Waals surface area (Å²) in [6.07, 6.45) is 7.75. The minimum Gasteiger partial charge on any atom is -0.347 e. The minimum absolute atomic E-state index is 0.207. The standard InChI is InChI=1S/C13H23N5O2S/c19-21(20,17-10-13-14-5-6-15-13)18-7-3-11(4-8-18)9-16-12-1-2-12/h5-6,11-12,16-17H,1-4,7-10H2,(H,14,15). The van der Waals surface area contributed by atoms with Crippen LogP contribution in [-0.4, -0.2) is 48.4 Å². The average Bonchev–Trinajstić information content (AvgIpc) is 3.17. The summed E-state index contributed by atoms with van der Waals surface area (Å²) < 4.78 is 28.6. The number of hydrogen-bond donors (Lipinski definition) is 3. The number of piperidine rings is 1. The van der Waals surface area contributed by atoms with Gasteiger partial charge >= 0.3 is 0 Å². The summed E-state index contributed by atoms with van der Waals surface area (Å²) in [7, 11) is -3.40. The first-order valence-corrected chi connectivity index (χ1v) is 9.04. The number of H-pyrrole nitrogens is 1. The van der Waals surface area contributed by atoms with Gasteiger partial charge in [-0.15, -0.1) is 0 Å². The molecule has 1 aliphatic carbocycles. The van der Waals surface area contributed by atoms with Gasteiger partial charge in [0.15, 0.2) is 0 Å². The van der Waals surface area contributed by atoms with Crippen molar-refractivity contribution in [3.63, 3.8) is 0 Å². The van der Waals surface area contributed by atoms with E-state index < -0.39 is 10.2 Å². The van der Waals surface area contributed by atoms with Gasteiger partial charge in [0, 0.05) is 31.5 Å².